The highest BCUT2D eigenvalue weighted by atomic mass is 35.5. The number of aliphatic carboxylic acids is 1. The Morgan fingerprint density at radius 2 is 1.69 bits per heavy atom. The molecule has 3 aromatic rings. The molecule has 0 aliphatic carbocycles. The van der Waals surface area contributed by atoms with Gasteiger partial charge in [0.1, 0.15) is 5.69 Å². The lowest BCUT2D eigenvalue weighted by molar-refractivity contribution is -0.147. The zero-order valence-corrected chi connectivity index (χ0v) is 21.4. The molecule has 3 heterocycles. The van der Waals surface area contributed by atoms with Gasteiger partial charge in [0, 0.05) is 38.7 Å². The Labute approximate surface area is 215 Å². The fraction of sp³-hybridized carbons (Fsp3) is 0.429. The standard InChI is InChI=1S/C28H31ClN2O5/c1-3-18-14-22(29)21-16-24(31(2)23(21)15-18)25(32)30-28(10-13-36-17-28)20-6-4-19(5-7-20)27(26(33)34)8-11-35-12-9-27/h4-7,14-16H,3,8-13,17H2,1-2H3,(H,30,32)(H,33,34). The van der Waals surface area contributed by atoms with E-state index in [9.17, 15) is 14.7 Å². The first kappa shape index (κ1) is 24.8. The van der Waals surface area contributed by atoms with Gasteiger partial charge in [0.25, 0.3) is 5.91 Å². The van der Waals surface area contributed by atoms with Crippen molar-refractivity contribution >= 4 is 34.4 Å². The lowest BCUT2D eigenvalue weighted by Gasteiger charge is -2.34. The van der Waals surface area contributed by atoms with Gasteiger partial charge in [0.05, 0.1) is 28.1 Å². The summed E-state index contributed by atoms with van der Waals surface area (Å²) in [5.41, 5.74) is 2.57. The molecule has 1 atom stereocenters. The number of carboxylic acid groups (broad SMARTS) is 1. The zero-order chi connectivity index (χ0) is 25.5. The quantitative estimate of drug-likeness (QED) is 0.507. The normalized spacial score (nSPS) is 21.5. The molecular formula is C28H31ClN2O5. The van der Waals surface area contributed by atoms with Crippen molar-refractivity contribution in [3.05, 3.63) is 69.9 Å². The van der Waals surface area contributed by atoms with Crippen LogP contribution in [0, 0.1) is 0 Å². The molecule has 8 heteroatoms. The summed E-state index contributed by atoms with van der Waals surface area (Å²) in [6, 6.07) is 13.5. The van der Waals surface area contributed by atoms with Crippen LogP contribution in [0.3, 0.4) is 0 Å². The molecule has 2 aromatic carbocycles. The van der Waals surface area contributed by atoms with Crippen molar-refractivity contribution in [2.24, 2.45) is 7.05 Å². The van der Waals surface area contributed by atoms with Crippen molar-refractivity contribution in [3.8, 4) is 0 Å². The monoisotopic (exact) mass is 510 g/mol. The Morgan fingerprint density at radius 3 is 2.31 bits per heavy atom. The lowest BCUT2D eigenvalue weighted by atomic mass is 9.73. The first-order valence-electron chi connectivity index (χ1n) is 12.4. The number of nitrogens with zero attached hydrogens (tertiary/aromatic N) is 1. The van der Waals surface area contributed by atoms with E-state index < -0.39 is 16.9 Å². The molecule has 0 radical (unpaired) electrons. The number of aryl methyl sites for hydroxylation is 2. The number of fused-ring (bicyclic) bond motifs is 1. The van der Waals surface area contributed by atoms with Gasteiger partial charge in [0.15, 0.2) is 0 Å². The summed E-state index contributed by atoms with van der Waals surface area (Å²) in [6.07, 6.45) is 2.36. The second-order valence-corrected chi connectivity index (χ2v) is 10.3. The molecule has 2 fully saturated rings. The second kappa shape index (κ2) is 9.54. The molecule has 2 aliphatic heterocycles. The van der Waals surface area contributed by atoms with E-state index in [4.69, 9.17) is 21.1 Å². The molecule has 0 saturated carbocycles. The van der Waals surface area contributed by atoms with Gasteiger partial charge < -0.3 is 24.5 Å². The molecule has 190 valence electrons. The Hall–Kier alpha value is -2.87. The zero-order valence-electron chi connectivity index (χ0n) is 20.6. The number of rotatable bonds is 6. The molecule has 1 aromatic heterocycles. The van der Waals surface area contributed by atoms with Crippen LogP contribution in [0.2, 0.25) is 5.02 Å². The van der Waals surface area contributed by atoms with Crippen LogP contribution in [0.25, 0.3) is 10.9 Å². The average molecular weight is 511 g/mol. The van der Waals surface area contributed by atoms with Gasteiger partial charge in [-0.25, -0.2) is 0 Å². The molecule has 0 bridgehead atoms. The number of halogens is 1. The number of ether oxygens (including phenoxy) is 2. The van der Waals surface area contributed by atoms with Gasteiger partial charge in [-0.05, 0) is 54.2 Å². The van der Waals surface area contributed by atoms with E-state index in [1.54, 1.807) is 0 Å². The topological polar surface area (TPSA) is 89.8 Å². The highest BCUT2D eigenvalue weighted by Gasteiger charge is 2.43. The number of nitrogens with one attached hydrogen (secondary N) is 1. The highest BCUT2D eigenvalue weighted by molar-refractivity contribution is 6.35. The van der Waals surface area contributed by atoms with Gasteiger partial charge in [-0.1, -0.05) is 42.8 Å². The molecule has 1 unspecified atom stereocenters. The molecule has 36 heavy (non-hydrogen) atoms. The van der Waals surface area contributed by atoms with E-state index in [-0.39, 0.29) is 5.91 Å². The Balaban J connectivity index is 1.46. The van der Waals surface area contributed by atoms with Gasteiger partial charge >= 0.3 is 5.97 Å². The fourth-order valence-electron chi connectivity index (χ4n) is 5.56. The fourth-order valence-corrected chi connectivity index (χ4v) is 5.85. The third-order valence-corrected chi connectivity index (χ3v) is 8.25. The van der Waals surface area contributed by atoms with Crippen LogP contribution in [-0.4, -0.2) is 48.0 Å². The van der Waals surface area contributed by atoms with E-state index in [0.29, 0.717) is 56.4 Å². The van der Waals surface area contributed by atoms with Gasteiger partial charge in [-0.3, -0.25) is 9.59 Å². The van der Waals surface area contributed by atoms with Gasteiger partial charge in [0.2, 0.25) is 0 Å². The van der Waals surface area contributed by atoms with Crippen molar-refractivity contribution in [1.82, 2.24) is 9.88 Å². The first-order valence-corrected chi connectivity index (χ1v) is 12.8. The number of carbonyl (C=O) groups excluding carboxylic acids is 1. The maximum Gasteiger partial charge on any atom is 0.314 e. The number of amides is 1. The number of hydrogen-bond donors (Lipinski definition) is 2. The minimum Gasteiger partial charge on any atom is -0.481 e. The van der Waals surface area contributed by atoms with Crippen molar-refractivity contribution in [3.63, 3.8) is 0 Å². The summed E-state index contributed by atoms with van der Waals surface area (Å²) in [7, 11) is 1.87. The summed E-state index contributed by atoms with van der Waals surface area (Å²) in [6.45, 7) is 3.80. The Bertz CT molecular complexity index is 1300. The average Bonchev–Trinajstić information content (AvgIpc) is 3.50. The largest absolute Gasteiger partial charge is 0.481 e. The summed E-state index contributed by atoms with van der Waals surface area (Å²) in [5, 5.41) is 14.7. The first-order chi connectivity index (χ1) is 17.3. The van der Waals surface area contributed by atoms with Crippen LogP contribution in [0.5, 0.6) is 0 Å². The SMILES string of the molecule is CCc1cc(Cl)c2cc(C(=O)NC3(c4ccc(C5(C(=O)O)CCOCC5)cc4)CCOC3)n(C)c2c1. The Kier molecular flexibility index (Phi) is 6.57. The van der Waals surface area contributed by atoms with Crippen LogP contribution < -0.4 is 5.32 Å². The van der Waals surface area contributed by atoms with E-state index in [2.05, 4.69) is 18.3 Å². The molecule has 7 nitrogen and oxygen atoms in total. The van der Waals surface area contributed by atoms with Crippen molar-refractivity contribution < 1.29 is 24.2 Å². The number of aromatic nitrogens is 1. The van der Waals surface area contributed by atoms with E-state index >= 15 is 0 Å². The number of hydrogen-bond acceptors (Lipinski definition) is 4. The molecule has 2 saturated heterocycles. The molecule has 0 spiro atoms. The third-order valence-electron chi connectivity index (χ3n) is 7.93. The molecule has 5 rings (SSSR count). The van der Waals surface area contributed by atoms with Crippen LogP contribution in [0.1, 0.15) is 53.4 Å². The van der Waals surface area contributed by atoms with E-state index in [0.717, 1.165) is 34.0 Å². The predicted molar refractivity (Wildman–Crippen MR) is 138 cm³/mol. The van der Waals surface area contributed by atoms with Crippen LogP contribution in [-0.2, 0) is 38.7 Å². The number of carbonyl (C=O) groups is 2. The van der Waals surface area contributed by atoms with Gasteiger partial charge in [-0.15, -0.1) is 0 Å². The number of benzene rings is 2. The van der Waals surface area contributed by atoms with Crippen LogP contribution >= 0.6 is 11.6 Å². The smallest absolute Gasteiger partial charge is 0.314 e. The lowest BCUT2D eigenvalue weighted by Crippen LogP contribution is -2.47. The molecule has 1 amide bonds. The summed E-state index contributed by atoms with van der Waals surface area (Å²) < 4.78 is 13.0. The number of carboxylic acids is 1. The maximum atomic E-state index is 13.6. The van der Waals surface area contributed by atoms with Crippen molar-refractivity contribution in [2.45, 2.75) is 43.6 Å². The Morgan fingerprint density at radius 1 is 1.03 bits per heavy atom. The van der Waals surface area contributed by atoms with Crippen LogP contribution in [0.15, 0.2) is 42.5 Å². The summed E-state index contributed by atoms with van der Waals surface area (Å²) in [5.74, 6) is -1.03. The minimum absolute atomic E-state index is 0.205. The minimum atomic E-state index is -0.945. The van der Waals surface area contributed by atoms with Gasteiger partial charge in [-0.2, -0.15) is 0 Å². The van der Waals surface area contributed by atoms with Crippen LogP contribution in [0.4, 0.5) is 0 Å². The van der Waals surface area contributed by atoms with Crippen molar-refractivity contribution in [1.29, 1.82) is 0 Å². The molecule has 2 aliphatic rings. The second-order valence-electron chi connectivity index (χ2n) is 9.87. The summed E-state index contributed by atoms with van der Waals surface area (Å²) in [4.78, 5) is 25.8. The molecular weight excluding hydrogens is 480 g/mol. The summed E-state index contributed by atoms with van der Waals surface area (Å²) >= 11 is 6.52. The highest BCUT2D eigenvalue weighted by Crippen LogP contribution is 2.38. The predicted octanol–water partition coefficient (Wildman–Crippen LogP) is 4.57. The van der Waals surface area contributed by atoms with Crippen molar-refractivity contribution in [2.75, 3.05) is 26.4 Å². The van der Waals surface area contributed by atoms with E-state index in [1.807, 2.05) is 48.0 Å². The molecule has 2 N–H and O–H groups in total. The maximum absolute atomic E-state index is 13.6. The third kappa shape index (κ3) is 4.09. The van der Waals surface area contributed by atoms with E-state index in [1.165, 1.54) is 0 Å².